The summed E-state index contributed by atoms with van der Waals surface area (Å²) in [6.07, 6.45) is 1.72. The van der Waals surface area contributed by atoms with Gasteiger partial charge in [-0.15, -0.1) is 0 Å². The second-order valence-corrected chi connectivity index (χ2v) is 9.52. The van der Waals surface area contributed by atoms with Crippen LogP contribution in [0.25, 0.3) is 0 Å². The van der Waals surface area contributed by atoms with E-state index >= 15 is 0 Å². The monoisotopic (exact) mass is 438 g/mol. The van der Waals surface area contributed by atoms with Gasteiger partial charge in [-0.1, -0.05) is 36.9 Å². The van der Waals surface area contributed by atoms with Gasteiger partial charge in [0.2, 0.25) is 5.91 Å². The number of carbonyl (C=O) groups is 1. The van der Waals surface area contributed by atoms with Gasteiger partial charge in [0, 0.05) is 62.0 Å². The number of rotatable bonds is 8. The quantitative estimate of drug-likeness (QED) is 0.671. The normalized spacial score (nSPS) is 16.6. The maximum absolute atomic E-state index is 11.4. The van der Waals surface area contributed by atoms with Crippen LogP contribution < -0.4 is 10.2 Å². The zero-order valence-electron chi connectivity index (χ0n) is 18.8. The number of amides is 1. The summed E-state index contributed by atoms with van der Waals surface area (Å²) in [6.45, 7) is 12.4. The number of nitrogens with one attached hydrogen (secondary N) is 1. The van der Waals surface area contributed by atoms with Crippen LogP contribution in [0.2, 0.25) is 0 Å². The molecule has 2 aromatic rings. The van der Waals surface area contributed by atoms with E-state index in [9.17, 15) is 4.79 Å². The Bertz CT molecular complexity index is 895. The molecule has 31 heavy (non-hydrogen) atoms. The number of hydrogen-bond donors (Lipinski definition) is 1. The first-order valence-corrected chi connectivity index (χ1v) is 12.3. The Kier molecular flexibility index (Phi) is 7.54. The van der Waals surface area contributed by atoms with Gasteiger partial charge < -0.3 is 15.1 Å². The summed E-state index contributed by atoms with van der Waals surface area (Å²) in [5.74, 6) is 0.146. The van der Waals surface area contributed by atoms with Crippen LogP contribution in [-0.2, 0) is 4.79 Å². The predicted octanol–water partition coefficient (Wildman–Crippen LogP) is 4.13. The van der Waals surface area contributed by atoms with Crippen LogP contribution in [0.5, 0.6) is 0 Å². The van der Waals surface area contributed by atoms with Crippen molar-refractivity contribution in [3.8, 4) is 0 Å². The molecule has 1 saturated heterocycles. The molecular weight excluding hydrogens is 404 g/mol. The van der Waals surface area contributed by atoms with Crippen LogP contribution in [-0.4, -0.2) is 68.1 Å². The second-order valence-electron chi connectivity index (χ2n) is 8.43. The number of hydrogen-bond acceptors (Lipinski definition) is 5. The summed E-state index contributed by atoms with van der Waals surface area (Å²) in [5, 5.41) is 2.98. The van der Waals surface area contributed by atoms with Crippen molar-refractivity contribution in [2.45, 2.75) is 36.5 Å². The Morgan fingerprint density at radius 1 is 0.935 bits per heavy atom. The largest absolute Gasteiger partial charge is 0.355 e. The average Bonchev–Trinajstić information content (AvgIpc) is 2.79. The molecule has 2 aliphatic rings. The van der Waals surface area contributed by atoms with E-state index in [2.05, 4.69) is 69.4 Å². The van der Waals surface area contributed by atoms with Crippen molar-refractivity contribution in [2.75, 3.05) is 57.3 Å². The van der Waals surface area contributed by atoms with Crippen LogP contribution in [0.1, 0.15) is 25.3 Å². The Hall–Kier alpha value is -2.02. The highest BCUT2D eigenvalue weighted by Gasteiger charge is 2.23. The van der Waals surface area contributed by atoms with Crippen LogP contribution >= 0.6 is 11.8 Å². The molecule has 6 heteroatoms. The smallest absolute Gasteiger partial charge is 0.219 e. The lowest BCUT2D eigenvalue weighted by molar-refractivity contribution is -0.120. The SMILES string of the molecule is CCC(=O)NCCN1CCN(CCCN2c3ccccc3Sc3ccc(C)cc32)CC1. The third kappa shape index (κ3) is 5.62. The van der Waals surface area contributed by atoms with Gasteiger partial charge in [-0.25, -0.2) is 0 Å². The van der Waals surface area contributed by atoms with E-state index in [0.717, 1.165) is 58.8 Å². The molecule has 2 aliphatic heterocycles. The number of benzene rings is 2. The number of piperazine rings is 1. The molecule has 2 aromatic carbocycles. The predicted molar refractivity (Wildman–Crippen MR) is 130 cm³/mol. The number of anilines is 2. The van der Waals surface area contributed by atoms with Crippen LogP contribution in [0.15, 0.2) is 52.3 Å². The molecule has 0 unspecified atom stereocenters. The van der Waals surface area contributed by atoms with Crippen molar-refractivity contribution >= 4 is 29.0 Å². The molecule has 5 nitrogen and oxygen atoms in total. The first-order chi connectivity index (χ1) is 15.1. The van der Waals surface area contributed by atoms with Crippen molar-refractivity contribution in [2.24, 2.45) is 0 Å². The fourth-order valence-electron chi connectivity index (χ4n) is 4.35. The topological polar surface area (TPSA) is 38.8 Å². The summed E-state index contributed by atoms with van der Waals surface area (Å²) < 4.78 is 0. The minimum absolute atomic E-state index is 0.146. The highest BCUT2D eigenvalue weighted by molar-refractivity contribution is 7.99. The summed E-state index contributed by atoms with van der Waals surface area (Å²) in [4.78, 5) is 21.7. The molecule has 1 fully saturated rings. The Balaban J connectivity index is 1.28. The fourth-order valence-corrected chi connectivity index (χ4v) is 5.42. The van der Waals surface area contributed by atoms with Crippen molar-refractivity contribution in [3.63, 3.8) is 0 Å². The van der Waals surface area contributed by atoms with Crippen molar-refractivity contribution in [1.82, 2.24) is 15.1 Å². The summed E-state index contributed by atoms with van der Waals surface area (Å²) in [5.41, 5.74) is 4.00. The van der Waals surface area contributed by atoms with Crippen LogP contribution in [0.3, 0.4) is 0 Å². The van der Waals surface area contributed by atoms with E-state index in [4.69, 9.17) is 0 Å². The summed E-state index contributed by atoms with van der Waals surface area (Å²) in [7, 11) is 0. The van der Waals surface area contributed by atoms with E-state index < -0.39 is 0 Å². The van der Waals surface area contributed by atoms with Crippen molar-refractivity contribution in [3.05, 3.63) is 48.0 Å². The lowest BCUT2D eigenvalue weighted by atomic mass is 10.1. The molecule has 166 valence electrons. The number of nitrogens with zero attached hydrogens (tertiary/aromatic N) is 3. The Morgan fingerprint density at radius 3 is 2.42 bits per heavy atom. The third-order valence-corrected chi connectivity index (χ3v) is 7.30. The van der Waals surface area contributed by atoms with Gasteiger partial charge in [0.1, 0.15) is 0 Å². The van der Waals surface area contributed by atoms with E-state index in [-0.39, 0.29) is 5.91 Å². The molecule has 1 N–H and O–H groups in total. The molecular formula is C25H34N4OS. The standard InChI is InChI=1S/C25H34N4OS/c1-3-25(30)26-11-14-28-17-15-27(16-18-28)12-6-13-29-21-7-4-5-8-23(21)31-24-10-9-20(2)19-22(24)29/h4-5,7-10,19H,3,6,11-18H2,1-2H3,(H,26,30). The molecule has 2 heterocycles. The minimum atomic E-state index is 0.146. The first-order valence-electron chi connectivity index (χ1n) is 11.5. The van der Waals surface area contributed by atoms with Gasteiger partial charge in [0.25, 0.3) is 0 Å². The number of carbonyl (C=O) groups excluding carboxylic acids is 1. The molecule has 0 radical (unpaired) electrons. The van der Waals surface area contributed by atoms with Crippen LogP contribution in [0, 0.1) is 6.92 Å². The number of para-hydroxylation sites is 1. The number of aryl methyl sites for hydroxylation is 1. The second kappa shape index (κ2) is 10.5. The minimum Gasteiger partial charge on any atom is -0.355 e. The molecule has 0 aromatic heterocycles. The van der Waals surface area contributed by atoms with E-state index in [1.807, 2.05) is 18.7 Å². The molecule has 0 saturated carbocycles. The maximum Gasteiger partial charge on any atom is 0.219 e. The highest BCUT2D eigenvalue weighted by atomic mass is 32.2. The molecule has 4 rings (SSSR count). The van der Waals surface area contributed by atoms with Gasteiger partial charge in [0.05, 0.1) is 11.4 Å². The Labute approximate surface area is 190 Å². The van der Waals surface area contributed by atoms with Crippen molar-refractivity contribution in [1.29, 1.82) is 0 Å². The van der Waals surface area contributed by atoms with E-state index in [0.29, 0.717) is 6.42 Å². The third-order valence-electron chi connectivity index (χ3n) is 6.17. The average molecular weight is 439 g/mol. The molecule has 0 aliphatic carbocycles. The van der Waals surface area contributed by atoms with Gasteiger partial charge in [0.15, 0.2) is 0 Å². The van der Waals surface area contributed by atoms with E-state index in [1.165, 1.54) is 26.7 Å². The maximum atomic E-state index is 11.4. The van der Waals surface area contributed by atoms with Gasteiger partial charge >= 0.3 is 0 Å². The van der Waals surface area contributed by atoms with Gasteiger partial charge in [-0.3, -0.25) is 9.69 Å². The van der Waals surface area contributed by atoms with Crippen LogP contribution in [0.4, 0.5) is 11.4 Å². The van der Waals surface area contributed by atoms with Gasteiger partial charge in [-0.05, 0) is 49.7 Å². The number of fused-ring (bicyclic) bond motifs is 2. The van der Waals surface area contributed by atoms with E-state index in [1.54, 1.807) is 0 Å². The molecule has 0 spiro atoms. The lowest BCUT2D eigenvalue weighted by Gasteiger charge is -2.36. The lowest BCUT2D eigenvalue weighted by Crippen LogP contribution is -2.48. The Morgan fingerprint density at radius 2 is 1.65 bits per heavy atom. The van der Waals surface area contributed by atoms with Gasteiger partial charge in [-0.2, -0.15) is 0 Å². The summed E-state index contributed by atoms with van der Waals surface area (Å²) >= 11 is 1.88. The fraction of sp³-hybridized carbons (Fsp3) is 0.480. The first kappa shape index (κ1) is 22.2. The summed E-state index contributed by atoms with van der Waals surface area (Å²) in [6, 6.07) is 15.6. The molecule has 0 bridgehead atoms. The zero-order valence-corrected chi connectivity index (χ0v) is 19.6. The molecule has 0 atom stereocenters. The van der Waals surface area contributed by atoms with Crippen molar-refractivity contribution < 1.29 is 4.79 Å². The zero-order chi connectivity index (χ0) is 21.6. The molecule has 1 amide bonds. The highest BCUT2D eigenvalue weighted by Crippen LogP contribution is 2.48.